The molecule has 0 aromatic carbocycles. The summed E-state index contributed by atoms with van der Waals surface area (Å²) in [6.07, 6.45) is 3.95. The summed E-state index contributed by atoms with van der Waals surface area (Å²) < 4.78 is 0. The Labute approximate surface area is 107 Å². The van der Waals surface area contributed by atoms with Crippen LogP contribution >= 0.6 is 0 Å². The van der Waals surface area contributed by atoms with Crippen LogP contribution in [0.3, 0.4) is 0 Å². The van der Waals surface area contributed by atoms with E-state index in [4.69, 9.17) is 0 Å². The molecule has 0 spiro atoms. The van der Waals surface area contributed by atoms with E-state index in [1.165, 1.54) is 11.1 Å². The molecule has 1 rings (SSSR count). The van der Waals surface area contributed by atoms with Gasteiger partial charge in [-0.05, 0) is 33.4 Å². The van der Waals surface area contributed by atoms with Crippen molar-refractivity contribution in [2.75, 3.05) is 0 Å². The zero-order valence-electron chi connectivity index (χ0n) is 12.7. The van der Waals surface area contributed by atoms with Crippen molar-refractivity contribution in [1.29, 1.82) is 0 Å². The fourth-order valence-corrected chi connectivity index (χ4v) is 1.95. The fraction of sp³-hybridized carbons (Fsp3) is 0.688. The third-order valence-corrected chi connectivity index (χ3v) is 4.18. The lowest BCUT2D eigenvalue weighted by atomic mass is 9.63. The number of rotatable bonds is 1. The lowest BCUT2D eigenvalue weighted by Gasteiger charge is -2.42. The van der Waals surface area contributed by atoms with Crippen LogP contribution in [-0.4, -0.2) is 4.98 Å². The van der Waals surface area contributed by atoms with Crippen LogP contribution in [-0.2, 0) is 10.8 Å². The smallest absolute Gasteiger partial charge is 0.0308 e. The summed E-state index contributed by atoms with van der Waals surface area (Å²) in [5, 5.41) is 0. The average Bonchev–Trinajstić information content (AvgIpc) is 2.14. The molecule has 0 fully saturated rings. The van der Waals surface area contributed by atoms with Gasteiger partial charge >= 0.3 is 0 Å². The van der Waals surface area contributed by atoms with E-state index in [9.17, 15) is 0 Å². The standard InChI is InChI=1S/C16H27N/c1-14(2,3)12-9-10-17-11-13(12)16(7,8)15(4,5)6/h9-11H,1-8H3. The highest BCUT2D eigenvalue weighted by Gasteiger charge is 2.37. The molecule has 0 radical (unpaired) electrons. The normalized spacial score (nSPS) is 13.9. The first-order chi connectivity index (χ1) is 7.48. The zero-order valence-corrected chi connectivity index (χ0v) is 12.7. The van der Waals surface area contributed by atoms with E-state index in [1.54, 1.807) is 0 Å². The van der Waals surface area contributed by atoms with E-state index >= 15 is 0 Å². The van der Waals surface area contributed by atoms with Crippen molar-refractivity contribution in [3.63, 3.8) is 0 Å². The van der Waals surface area contributed by atoms with Crippen LogP contribution < -0.4 is 0 Å². The maximum Gasteiger partial charge on any atom is 0.0308 e. The molecule has 0 unspecified atom stereocenters. The first-order valence-corrected chi connectivity index (χ1v) is 6.43. The van der Waals surface area contributed by atoms with Gasteiger partial charge in [0.15, 0.2) is 0 Å². The molecule has 17 heavy (non-hydrogen) atoms. The minimum Gasteiger partial charge on any atom is -0.264 e. The Kier molecular flexibility index (Phi) is 3.44. The van der Waals surface area contributed by atoms with Gasteiger partial charge in [0.1, 0.15) is 0 Å². The lowest BCUT2D eigenvalue weighted by Crippen LogP contribution is -2.36. The second-order valence-corrected chi connectivity index (χ2v) is 7.55. The van der Waals surface area contributed by atoms with Gasteiger partial charge in [-0.25, -0.2) is 0 Å². The number of hydrogen-bond acceptors (Lipinski definition) is 1. The van der Waals surface area contributed by atoms with Crippen LogP contribution in [0.2, 0.25) is 0 Å². The van der Waals surface area contributed by atoms with Gasteiger partial charge in [-0.15, -0.1) is 0 Å². The van der Waals surface area contributed by atoms with Crippen molar-refractivity contribution in [2.45, 2.75) is 66.2 Å². The predicted octanol–water partition coefficient (Wildman–Crippen LogP) is 4.70. The summed E-state index contributed by atoms with van der Waals surface area (Å²) in [5.41, 5.74) is 3.29. The number of hydrogen-bond donors (Lipinski definition) is 0. The Morgan fingerprint density at radius 2 is 1.35 bits per heavy atom. The third-order valence-electron chi connectivity index (χ3n) is 4.18. The van der Waals surface area contributed by atoms with E-state index in [2.05, 4.69) is 66.4 Å². The quantitative estimate of drug-likeness (QED) is 0.685. The van der Waals surface area contributed by atoms with E-state index in [1.807, 2.05) is 12.4 Å². The summed E-state index contributed by atoms with van der Waals surface area (Å²) >= 11 is 0. The van der Waals surface area contributed by atoms with E-state index in [0.29, 0.717) is 0 Å². The molecule has 0 atom stereocenters. The topological polar surface area (TPSA) is 12.9 Å². The molecule has 1 heteroatoms. The van der Waals surface area contributed by atoms with Gasteiger partial charge in [-0.1, -0.05) is 55.4 Å². The summed E-state index contributed by atoms with van der Waals surface area (Å²) in [7, 11) is 0. The number of pyridine rings is 1. The molecule has 0 aliphatic heterocycles. The summed E-state index contributed by atoms with van der Waals surface area (Å²) in [6.45, 7) is 18.3. The molecule has 96 valence electrons. The summed E-state index contributed by atoms with van der Waals surface area (Å²) in [6, 6.07) is 2.17. The SMILES string of the molecule is CC(C)(C)c1ccncc1C(C)(C)C(C)(C)C. The van der Waals surface area contributed by atoms with Gasteiger partial charge in [-0.2, -0.15) is 0 Å². The predicted molar refractivity (Wildman–Crippen MR) is 75.4 cm³/mol. The first kappa shape index (κ1) is 14.2. The van der Waals surface area contributed by atoms with Crippen LogP contribution in [0.1, 0.15) is 66.5 Å². The zero-order chi connectivity index (χ0) is 13.5. The van der Waals surface area contributed by atoms with Gasteiger partial charge in [0, 0.05) is 12.4 Å². The van der Waals surface area contributed by atoms with E-state index in [0.717, 1.165) is 0 Å². The molecule has 1 aromatic rings. The van der Waals surface area contributed by atoms with Crippen LogP contribution in [0.25, 0.3) is 0 Å². The second kappa shape index (κ2) is 4.12. The van der Waals surface area contributed by atoms with Crippen molar-refractivity contribution < 1.29 is 0 Å². The van der Waals surface area contributed by atoms with Crippen LogP contribution in [0.5, 0.6) is 0 Å². The molecule has 1 heterocycles. The van der Waals surface area contributed by atoms with Gasteiger partial charge in [0.2, 0.25) is 0 Å². The molecule has 0 aliphatic carbocycles. The molecule has 1 nitrogen and oxygen atoms in total. The Morgan fingerprint density at radius 1 is 0.824 bits per heavy atom. The highest BCUT2D eigenvalue weighted by molar-refractivity contribution is 5.36. The number of aromatic nitrogens is 1. The fourth-order valence-electron chi connectivity index (χ4n) is 1.95. The van der Waals surface area contributed by atoms with Crippen LogP contribution in [0.4, 0.5) is 0 Å². The summed E-state index contributed by atoms with van der Waals surface area (Å²) in [4.78, 5) is 4.34. The molecule has 0 amide bonds. The molecular formula is C16H27N. The molecular weight excluding hydrogens is 206 g/mol. The highest BCUT2D eigenvalue weighted by Crippen LogP contribution is 2.44. The van der Waals surface area contributed by atoms with E-state index < -0.39 is 0 Å². The average molecular weight is 233 g/mol. The lowest BCUT2D eigenvalue weighted by molar-refractivity contribution is 0.221. The van der Waals surface area contributed by atoms with Crippen molar-refractivity contribution in [2.24, 2.45) is 5.41 Å². The molecule has 1 aromatic heterocycles. The third kappa shape index (κ3) is 2.70. The van der Waals surface area contributed by atoms with Crippen molar-refractivity contribution in [3.05, 3.63) is 29.6 Å². The van der Waals surface area contributed by atoms with Gasteiger partial charge in [-0.3, -0.25) is 4.98 Å². The maximum absolute atomic E-state index is 4.34. The Bertz CT molecular complexity index is 389. The molecule has 0 N–H and O–H groups in total. The minimum absolute atomic E-state index is 0.115. The Hall–Kier alpha value is -0.850. The molecule has 0 saturated heterocycles. The van der Waals surface area contributed by atoms with E-state index in [-0.39, 0.29) is 16.2 Å². The molecule has 0 aliphatic rings. The Morgan fingerprint density at radius 3 is 1.76 bits per heavy atom. The Balaban J connectivity index is 3.43. The largest absolute Gasteiger partial charge is 0.264 e. The van der Waals surface area contributed by atoms with Gasteiger partial charge < -0.3 is 0 Å². The highest BCUT2D eigenvalue weighted by atomic mass is 14.6. The molecule has 0 saturated carbocycles. The second-order valence-electron chi connectivity index (χ2n) is 7.55. The molecule has 0 bridgehead atoms. The van der Waals surface area contributed by atoms with Crippen molar-refractivity contribution >= 4 is 0 Å². The number of nitrogens with zero attached hydrogens (tertiary/aromatic N) is 1. The minimum atomic E-state index is 0.115. The first-order valence-electron chi connectivity index (χ1n) is 6.43. The van der Waals surface area contributed by atoms with Crippen LogP contribution in [0, 0.1) is 5.41 Å². The maximum atomic E-state index is 4.34. The summed E-state index contributed by atoms with van der Waals surface area (Å²) in [5.74, 6) is 0. The van der Waals surface area contributed by atoms with Gasteiger partial charge in [0.05, 0.1) is 0 Å². The monoisotopic (exact) mass is 233 g/mol. The van der Waals surface area contributed by atoms with Gasteiger partial charge in [0.25, 0.3) is 0 Å². The van der Waals surface area contributed by atoms with Crippen molar-refractivity contribution in [3.8, 4) is 0 Å². The van der Waals surface area contributed by atoms with Crippen molar-refractivity contribution in [1.82, 2.24) is 4.98 Å². The van der Waals surface area contributed by atoms with Crippen LogP contribution in [0.15, 0.2) is 18.5 Å².